The Kier molecular flexibility index (Phi) is 3.40. The first-order valence-electron chi connectivity index (χ1n) is 6.61. The minimum atomic E-state index is -0.143. The van der Waals surface area contributed by atoms with Gasteiger partial charge in [-0.05, 0) is 29.8 Å². The molecule has 21 heavy (non-hydrogen) atoms. The maximum atomic E-state index is 12.1. The highest BCUT2D eigenvalue weighted by atomic mass is 16.1. The Morgan fingerprint density at radius 1 is 1.14 bits per heavy atom. The molecule has 0 radical (unpaired) electrons. The Balaban J connectivity index is 1.69. The molecule has 1 heterocycles. The van der Waals surface area contributed by atoms with Crippen LogP contribution in [0.25, 0.3) is 10.9 Å². The molecule has 3 rings (SSSR count). The molecule has 3 aromatic rings. The maximum Gasteiger partial charge on any atom is 0.267 e. The Labute approximate surface area is 122 Å². The van der Waals surface area contributed by atoms with E-state index >= 15 is 0 Å². The minimum absolute atomic E-state index is 0.143. The average Bonchev–Trinajstić information content (AvgIpc) is 2.97. The van der Waals surface area contributed by atoms with E-state index in [0.717, 1.165) is 16.5 Å². The van der Waals surface area contributed by atoms with Crippen LogP contribution in [-0.4, -0.2) is 10.9 Å². The number of benzene rings is 2. The van der Waals surface area contributed by atoms with Crippen LogP contribution in [0.15, 0.2) is 54.6 Å². The van der Waals surface area contributed by atoms with E-state index in [-0.39, 0.29) is 5.91 Å². The third-order valence-corrected chi connectivity index (χ3v) is 3.31. The lowest BCUT2D eigenvalue weighted by Crippen LogP contribution is -2.23. The molecule has 0 fully saturated rings. The van der Waals surface area contributed by atoms with Crippen molar-refractivity contribution in [3.63, 3.8) is 0 Å². The molecule has 102 valence electrons. The van der Waals surface area contributed by atoms with E-state index in [0.29, 0.717) is 17.8 Å². The number of hydrogen-bond donors (Lipinski definition) is 2. The number of para-hydroxylation sites is 1. The molecule has 2 N–H and O–H groups in total. The zero-order valence-corrected chi connectivity index (χ0v) is 11.3. The zero-order chi connectivity index (χ0) is 14.7. The normalized spacial score (nSPS) is 10.2. The molecule has 4 nitrogen and oxygen atoms in total. The van der Waals surface area contributed by atoms with E-state index in [1.54, 1.807) is 12.1 Å². The first-order chi connectivity index (χ1) is 10.3. The Bertz CT molecular complexity index is 792. The van der Waals surface area contributed by atoms with Gasteiger partial charge in [-0.25, -0.2) is 0 Å². The summed E-state index contributed by atoms with van der Waals surface area (Å²) in [5.41, 5.74) is 3.06. The van der Waals surface area contributed by atoms with Gasteiger partial charge in [-0.2, -0.15) is 5.26 Å². The highest BCUT2D eigenvalue weighted by Crippen LogP contribution is 2.14. The van der Waals surface area contributed by atoms with Crippen LogP contribution in [0.5, 0.6) is 0 Å². The molecule has 0 unspecified atom stereocenters. The number of amides is 1. The first kappa shape index (κ1) is 12.9. The number of aromatic nitrogens is 1. The van der Waals surface area contributed by atoms with E-state index in [9.17, 15) is 4.79 Å². The molecule has 0 aliphatic heterocycles. The number of nitrogens with zero attached hydrogens (tertiary/aromatic N) is 1. The van der Waals surface area contributed by atoms with Crippen LogP contribution in [0.1, 0.15) is 21.6 Å². The van der Waals surface area contributed by atoms with Gasteiger partial charge in [0.1, 0.15) is 5.69 Å². The van der Waals surface area contributed by atoms with Crippen molar-refractivity contribution in [1.82, 2.24) is 10.3 Å². The summed E-state index contributed by atoms with van der Waals surface area (Å²) in [7, 11) is 0. The number of aromatic amines is 1. The summed E-state index contributed by atoms with van der Waals surface area (Å²) in [4.78, 5) is 15.2. The zero-order valence-electron chi connectivity index (χ0n) is 11.3. The highest BCUT2D eigenvalue weighted by Gasteiger charge is 2.08. The molecule has 0 atom stereocenters. The fourth-order valence-electron chi connectivity index (χ4n) is 2.17. The fraction of sp³-hybridized carbons (Fsp3) is 0.0588. The summed E-state index contributed by atoms with van der Waals surface area (Å²) in [6.45, 7) is 0.430. The van der Waals surface area contributed by atoms with Crippen LogP contribution in [0.4, 0.5) is 0 Å². The van der Waals surface area contributed by atoms with Crippen molar-refractivity contribution in [3.8, 4) is 6.07 Å². The van der Waals surface area contributed by atoms with Crippen LogP contribution in [-0.2, 0) is 6.54 Å². The fourth-order valence-corrected chi connectivity index (χ4v) is 2.17. The van der Waals surface area contributed by atoms with Crippen molar-refractivity contribution in [2.24, 2.45) is 0 Å². The van der Waals surface area contributed by atoms with Gasteiger partial charge in [-0.1, -0.05) is 30.3 Å². The SMILES string of the molecule is N#Cc1ccc(CNC(=O)c2cc3ccccc3[nH]2)cc1. The summed E-state index contributed by atoms with van der Waals surface area (Å²) in [6.07, 6.45) is 0. The van der Waals surface area contributed by atoms with E-state index in [1.165, 1.54) is 0 Å². The molecule has 0 saturated carbocycles. The van der Waals surface area contributed by atoms with Crippen molar-refractivity contribution in [2.75, 3.05) is 0 Å². The number of rotatable bonds is 3. The van der Waals surface area contributed by atoms with Gasteiger partial charge >= 0.3 is 0 Å². The van der Waals surface area contributed by atoms with Crippen molar-refractivity contribution < 1.29 is 4.79 Å². The molecule has 1 aromatic heterocycles. The molecular weight excluding hydrogens is 262 g/mol. The number of carbonyl (C=O) groups excluding carboxylic acids is 1. The predicted molar refractivity (Wildman–Crippen MR) is 80.6 cm³/mol. The summed E-state index contributed by atoms with van der Waals surface area (Å²) in [6, 6.07) is 18.8. The van der Waals surface area contributed by atoms with E-state index in [2.05, 4.69) is 16.4 Å². The van der Waals surface area contributed by atoms with Gasteiger partial charge in [0.2, 0.25) is 0 Å². The minimum Gasteiger partial charge on any atom is -0.351 e. The van der Waals surface area contributed by atoms with Gasteiger partial charge in [0.15, 0.2) is 0 Å². The van der Waals surface area contributed by atoms with Crippen LogP contribution < -0.4 is 5.32 Å². The largest absolute Gasteiger partial charge is 0.351 e. The number of nitrogens with one attached hydrogen (secondary N) is 2. The Hall–Kier alpha value is -3.06. The molecule has 1 amide bonds. The highest BCUT2D eigenvalue weighted by molar-refractivity contribution is 5.97. The van der Waals surface area contributed by atoms with Gasteiger partial charge in [-0.3, -0.25) is 4.79 Å². The number of H-pyrrole nitrogens is 1. The monoisotopic (exact) mass is 275 g/mol. The van der Waals surface area contributed by atoms with Crippen molar-refractivity contribution in [1.29, 1.82) is 5.26 Å². The number of fused-ring (bicyclic) bond motifs is 1. The van der Waals surface area contributed by atoms with Crippen molar-refractivity contribution in [2.45, 2.75) is 6.54 Å². The van der Waals surface area contributed by atoms with Crippen LogP contribution >= 0.6 is 0 Å². The second kappa shape index (κ2) is 5.51. The molecule has 0 saturated heterocycles. The Morgan fingerprint density at radius 2 is 1.90 bits per heavy atom. The summed E-state index contributed by atoms with van der Waals surface area (Å²) >= 11 is 0. The van der Waals surface area contributed by atoms with Crippen LogP contribution in [0.3, 0.4) is 0 Å². The summed E-state index contributed by atoms with van der Waals surface area (Å²) in [5.74, 6) is -0.143. The van der Waals surface area contributed by atoms with Crippen LogP contribution in [0, 0.1) is 11.3 Å². The van der Waals surface area contributed by atoms with Crippen molar-refractivity contribution >= 4 is 16.8 Å². The lowest BCUT2D eigenvalue weighted by atomic mass is 10.1. The first-order valence-corrected chi connectivity index (χ1v) is 6.61. The Morgan fingerprint density at radius 3 is 2.62 bits per heavy atom. The second-order valence-corrected chi connectivity index (χ2v) is 4.76. The van der Waals surface area contributed by atoms with Crippen LogP contribution in [0.2, 0.25) is 0 Å². The summed E-state index contributed by atoms with van der Waals surface area (Å²) in [5, 5.41) is 12.6. The van der Waals surface area contributed by atoms with Gasteiger partial charge in [0.25, 0.3) is 5.91 Å². The second-order valence-electron chi connectivity index (χ2n) is 4.76. The van der Waals surface area contributed by atoms with E-state index < -0.39 is 0 Å². The molecule has 4 heteroatoms. The van der Waals surface area contributed by atoms with Crippen molar-refractivity contribution in [3.05, 3.63) is 71.4 Å². The summed E-state index contributed by atoms with van der Waals surface area (Å²) < 4.78 is 0. The molecule has 0 aliphatic rings. The lowest BCUT2D eigenvalue weighted by Gasteiger charge is -2.03. The molecule has 0 bridgehead atoms. The van der Waals surface area contributed by atoms with Gasteiger partial charge in [-0.15, -0.1) is 0 Å². The average molecular weight is 275 g/mol. The lowest BCUT2D eigenvalue weighted by molar-refractivity contribution is 0.0947. The topological polar surface area (TPSA) is 68.7 Å². The number of hydrogen-bond acceptors (Lipinski definition) is 2. The maximum absolute atomic E-state index is 12.1. The predicted octanol–water partition coefficient (Wildman–Crippen LogP) is 2.97. The molecule has 2 aromatic carbocycles. The standard InChI is InChI=1S/C17H13N3O/c18-10-12-5-7-13(8-6-12)11-19-17(21)16-9-14-3-1-2-4-15(14)20-16/h1-9,20H,11H2,(H,19,21). The van der Waals surface area contributed by atoms with Gasteiger partial charge < -0.3 is 10.3 Å². The third kappa shape index (κ3) is 2.77. The number of carbonyl (C=O) groups is 1. The third-order valence-electron chi connectivity index (χ3n) is 3.31. The molecular formula is C17H13N3O. The smallest absolute Gasteiger partial charge is 0.267 e. The molecule has 0 aliphatic carbocycles. The quantitative estimate of drug-likeness (QED) is 0.771. The van der Waals surface area contributed by atoms with Gasteiger partial charge in [0, 0.05) is 17.4 Å². The van der Waals surface area contributed by atoms with E-state index in [1.807, 2.05) is 42.5 Å². The van der Waals surface area contributed by atoms with Gasteiger partial charge in [0.05, 0.1) is 11.6 Å². The molecule has 0 spiro atoms. The number of nitriles is 1. The van der Waals surface area contributed by atoms with E-state index in [4.69, 9.17) is 5.26 Å².